The summed E-state index contributed by atoms with van der Waals surface area (Å²) in [6.07, 6.45) is 11.0. The number of allylic oxidation sites excluding steroid dienone is 1. The molecule has 0 spiro atoms. The molecule has 0 amide bonds. The molecule has 1 nitrogen and oxygen atoms in total. The van der Waals surface area contributed by atoms with Crippen LogP contribution in [0.4, 0.5) is 17.6 Å². The molecule has 5 heteroatoms. The van der Waals surface area contributed by atoms with Crippen molar-refractivity contribution in [3.05, 3.63) is 70.8 Å². The summed E-state index contributed by atoms with van der Waals surface area (Å²) in [7, 11) is 0. The Bertz CT molecular complexity index is 1010. The number of ether oxygens (including phenoxy) is 1. The Hall–Kier alpha value is -2.30. The van der Waals surface area contributed by atoms with E-state index in [-0.39, 0.29) is 17.2 Å². The van der Waals surface area contributed by atoms with Crippen LogP contribution in [0.25, 0.3) is 6.08 Å². The van der Waals surface area contributed by atoms with E-state index >= 15 is 4.39 Å². The molecular formula is C31H38F4O. The monoisotopic (exact) mass is 502 g/mol. The molecule has 0 atom stereocenters. The van der Waals surface area contributed by atoms with Gasteiger partial charge in [0.2, 0.25) is 0 Å². The first-order valence-corrected chi connectivity index (χ1v) is 13.6. The summed E-state index contributed by atoms with van der Waals surface area (Å²) in [5, 5.41) is 0. The quantitative estimate of drug-likeness (QED) is 0.326. The van der Waals surface area contributed by atoms with E-state index in [2.05, 4.69) is 6.92 Å². The number of benzene rings is 2. The molecule has 0 N–H and O–H groups in total. The number of halogens is 4. The number of rotatable bonds is 8. The van der Waals surface area contributed by atoms with E-state index in [1.54, 1.807) is 12.1 Å². The van der Waals surface area contributed by atoms with E-state index in [0.717, 1.165) is 49.1 Å². The largest absolute Gasteiger partial charge is 0.429 e. The normalized spacial score (nSPS) is 25.3. The first kappa shape index (κ1) is 26.8. The summed E-state index contributed by atoms with van der Waals surface area (Å²) in [5.41, 5.74) is -0.0275. The predicted octanol–water partition coefficient (Wildman–Crippen LogP) is 10.0. The Labute approximate surface area is 212 Å². The van der Waals surface area contributed by atoms with Crippen molar-refractivity contribution in [2.24, 2.45) is 17.8 Å². The molecule has 0 aromatic heterocycles. The lowest BCUT2D eigenvalue weighted by atomic mass is 9.68. The maximum absolute atomic E-state index is 15.0. The van der Waals surface area contributed by atoms with Crippen molar-refractivity contribution < 1.29 is 22.3 Å². The summed E-state index contributed by atoms with van der Waals surface area (Å²) in [5.74, 6) is -0.659. The highest BCUT2D eigenvalue weighted by molar-refractivity contribution is 5.50. The van der Waals surface area contributed by atoms with Crippen molar-refractivity contribution in [1.82, 2.24) is 0 Å². The SMILES string of the molecule is CC=Cc1ccc(OC(F)(F)c2ccc(C3CCC(C4CCC(CCC)CC4)CC3)c(F)c2F)cc1. The maximum Gasteiger partial charge on any atom is 0.429 e. The van der Waals surface area contributed by atoms with Crippen molar-refractivity contribution in [3.63, 3.8) is 0 Å². The summed E-state index contributed by atoms with van der Waals surface area (Å²) in [4.78, 5) is 0. The maximum atomic E-state index is 15.0. The molecule has 36 heavy (non-hydrogen) atoms. The van der Waals surface area contributed by atoms with Crippen molar-refractivity contribution in [2.45, 2.75) is 90.1 Å². The van der Waals surface area contributed by atoms with E-state index in [1.165, 1.54) is 56.7 Å². The minimum absolute atomic E-state index is 0.112. The first-order valence-electron chi connectivity index (χ1n) is 13.6. The lowest BCUT2D eigenvalue weighted by molar-refractivity contribution is -0.187. The van der Waals surface area contributed by atoms with Crippen LogP contribution in [-0.2, 0) is 6.11 Å². The Morgan fingerprint density at radius 2 is 1.44 bits per heavy atom. The van der Waals surface area contributed by atoms with Crippen molar-refractivity contribution in [1.29, 1.82) is 0 Å². The van der Waals surface area contributed by atoms with E-state index in [1.807, 2.05) is 19.1 Å². The fourth-order valence-corrected chi connectivity index (χ4v) is 6.41. The highest BCUT2D eigenvalue weighted by atomic mass is 19.3. The van der Waals surface area contributed by atoms with Gasteiger partial charge in [0.05, 0.1) is 0 Å². The van der Waals surface area contributed by atoms with E-state index in [9.17, 15) is 13.2 Å². The molecule has 0 unspecified atom stereocenters. The molecule has 0 heterocycles. The van der Waals surface area contributed by atoms with Gasteiger partial charge in [0, 0.05) is 0 Å². The van der Waals surface area contributed by atoms with Gasteiger partial charge in [0.25, 0.3) is 0 Å². The molecule has 0 bridgehead atoms. The van der Waals surface area contributed by atoms with Crippen LogP contribution in [-0.4, -0.2) is 0 Å². The van der Waals surface area contributed by atoms with Crippen LogP contribution in [0.5, 0.6) is 5.75 Å². The topological polar surface area (TPSA) is 9.23 Å². The molecule has 0 aliphatic heterocycles. The third-order valence-corrected chi connectivity index (χ3v) is 8.38. The second kappa shape index (κ2) is 11.8. The first-order chi connectivity index (χ1) is 17.3. The Morgan fingerprint density at radius 1 is 0.833 bits per heavy atom. The van der Waals surface area contributed by atoms with Gasteiger partial charge in [-0.3, -0.25) is 0 Å². The standard InChI is InChI=1S/C31H38F4O/c1-3-5-21-7-11-23(12-8-21)24-13-15-25(16-14-24)27-19-20-28(30(33)29(27)32)31(34,35)36-26-17-9-22(6-4-2)10-18-26/h4,6,9-10,17-21,23-25H,3,5,7-8,11-16H2,1-2H3. The summed E-state index contributed by atoms with van der Waals surface area (Å²) in [6, 6.07) is 8.35. The fourth-order valence-electron chi connectivity index (χ4n) is 6.41. The molecule has 2 saturated carbocycles. The van der Waals surface area contributed by atoms with Crippen LogP contribution in [0.1, 0.15) is 101 Å². The molecule has 196 valence electrons. The Kier molecular flexibility index (Phi) is 8.79. The van der Waals surface area contributed by atoms with Crippen LogP contribution >= 0.6 is 0 Å². The van der Waals surface area contributed by atoms with Crippen LogP contribution in [0.2, 0.25) is 0 Å². The summed E-state index contributed by atoms with van der Waals surface area (Å²) in [6.45, 7) is 4.10. The molecular weight excluding hydrogens is 464 g/mol. The van der Waals surface area contributed by atoms with E-state index in [4.69, 9.17) is 4.74 Å². The van der Waals surface area contributed by atoms with Gasteiger partial charge in [-0.1, -0.05) is 63.0 Å². The van der Waals surface area contributed by atoms with Crippen LogP contribution < -0.4 is 4.74 Å². The lowest BCUT2D eigenvalue weighted by Crippen LogP contribution is -2.26. The van der Waals surface area contributed by atoms with Gasteiger partial charge in [-0.15, -0.1) is 0 Å². The van der Waals surface area contributed by atoms with Gasteiger partial charge in [0.1, 0.15) is 11.3 Å². The molecule has 2 aromatic rings. The lowest BCUT2D eigenvalue weighted by Gasteiger charge is -2.38. The van der Waals surface area contributed by atoms with Gasteiger partial charge in [0.15, 0.2) is 11.6 Å². The number of hydrogen-bond acceptors (Lipinski definition) is 1. The van der Waals surface area contributed by atoms with E-state index in [0.29, 0.717) is 5.92 Å². The minimum Gasteiger partial charge on any atom is -0.429 e. The molecule has 2 aliphatic rings. The highest BCUT2D eigenvalue weighted by Crippen LogP contribution is 2.45. The molecule has 2 aliphatic carbocycles. The fraction of sp³-hybridized carbons (Fsp3) is 0.548. The van der Waals surface area contributed by atoms with Gasteiger partial charge < -0.3 is 4.74 Å². The number of hydrogen-bond donors (Lipinski definition) is 0. The smallest absolute Gasteiger partial charge is 0.429 e. The second-order valence-corrected chi connectivity index (χ2v) is 10.7. The van der Waals surface area contributed by atoms with Gasteiger partial charge in [-0.05, 0) is 98.4 Å². The zero-order valence-corrected chi connectivity index (χ0v) is 21.4. The predicted molar refractivity (Wildman–Crippen MR) is 137 cm³/mol. The van der Waals surface area contributed by atoms with Crippen molar-refractivity contribution in [3.8, 4) is 5.75 Å². The van der Waals surface area contributed by atoms with Gasteiger partial charge in [-0.2, -0.15) is 8.78 Å². The second-order valence-electron chi connectivity index (χ2n) is 10.7. The molecule has 0 radical (unpaired) electrons. The van der Waals surface area contributed by atoms with Gasteiger partial charge in [-0.25, -0.2) is 8.78 Å². The third kappa shape index (κ3) is 6.15. The van der Waals surface area contributed by atoms with Crippen molar-refractivity contribution >= 4 is 6.08 Å². The highest BCUT2D eigenvalue weighted by Gasteiger charge is 2.40. The minimum atomic E-state index is -3.99. The van der Waals surface area contributed by atoms with Crippen molar-refractivity contribution in [2.75, 3.05) is 0 Å². The summed E-state index contributed by atoms with van der Waals surface area (Å²) >= 11 is 0. The zero-order chi connectivity index (χ0) is 25.7. The molecule has 2 fully saturated rings. The van der Waals surface area contributed by atoms with Crippen LogP contribution in [0.15, 0.2) is 42.5 Å². The average Bonchev–Trinajstić information content (AvgIpc) is 2.87. The van der Waals surface area contributed by atoms with Gasteiger partial charge >= 0.3 is 6.11 Å². The van der Waals surface area contributed by atoms with Crippen LogP contribution in [0, 0.1) is 29.4 Å². The molecule has 4 rings (SSSR count). The average molecular weight is 503 g/mol. The zero-order valence-electron chi connectivity index (χ0n) is 21.4. The Balaban J connectivity index is 1.39. The van der Waals surface area contributed by atoms with Crippen LogP contribution in [0.3, 0.4) is 0 Å². The Morgan fingerprint density at radius 3 is 2.03 bits per heavy atom. The summed E-state index contributed by atoms with van der Waals surface area (Å²) < 4.78 is 64.3. The molecule has 2 aromatic carbocycles. The van der Waals surface area contributed by atoms with E-state index < -0.39 is 23.3 Å². The molecule has 0 saturated heterocycles. The third-order valence-electron chi connectivity index (χ3n) is 8.38. The number of alkyl halides is 2.